The number of nitrogens with one attached hydrogen (secondary N) is 1. The third-order valence-corrected chi connectivity index (χ3v) is 5.62. The quantitative estimate of drug-likeness (QED) is 0.393. The molecule has 0 bridgehead atoms. The molecule has 1 N–H and O–H groups in total. The summed E-state index contributed by atoms with van der Waals surface area (Å²) in [5.74, 6) is -1.78. The van der Waals surface area contributed by atoms with Crippen molar-refractivity contribution in [3.05, 3.63) is 88.0 Å². The van der Waals surface area contributed by atoms with Gasteiger partial charge >= 0.3 is 0 Å². The second-order valence-electron chi connectivity index (χ2n) is 8.01. The van der Waals surface area contributed by atoms with Gasteiger partial charge in [-0.05, 0) is 72.6 Å². The normalized spacial score (nSPS) is 11.2. The average molecular weight is 459 g/mol. The van der Waals surface area contributed by atoms with Gasteiger partial charge in [-0.15, -0.1) is 0 Å². The Bertz CT molecular complexity index is 1620. The Morgan fingerprint density at radius 2 is 1.79 bits per heavy atom. The van der Waals surface area contributed by atoms with E-state index in [1.54, 1.807) is 17.8 Å². The summed E-state index contributed by atoms with van der Waals surface area (Å²) >= 11 is 0. The molecule has 170 valence electrons. The summed E-state index contributed by atoms with van der Waals surface area (Å²) in [7, 11) is 1.74. The number of halogens is 2. The molecule has 0 saturated heterocycles. The number of hydrogen-bond acceptors (Lipinski definition) is 6. The van der Waals surface area contributed by atoms with E-state index in [0.717, 1.165) is 39.9 Å². The van der Waals surface area contributed by atoms with Gasteiger partial charge in [-0.25, -0.2) is 8.78 Å². The summed E-state index contributed by atoms with van der Waals surface area (Å²) in [6.45, 7) is 3.80. The molecule has 0 spiro atoms. The van der Waals surface area contributed by atoms with E-state index in [1.807, 2.05) is 44.2 Å². The number of benzene rings is 2. The van der Waals surface area contributed by atoms with Crippen LogP contribution in [0.2, 0.25) is 0 Å². The third-order valence-electron chi connectivity index (χ3n) is 5.62. The summed E-state index contributed by atoms with van der Waals surface area (Å²) in [5.41, 5.74) is 4.60. The standard InChI is InChI=1S/C25H19F2N5O2/c1-13-4-6-17(29-25-30-23(34-31-25)15-5-7-20(26)21(27)10-15)11-18(13)19-9-16-12-28-14(2)8-22(16)32(3)24(19)33/h4-12H,1-3H3,(H,29,31). The van der Waals surface area contributed by atoms with E-state index in [4.69, 9.17) is 4.52 Å². The molecule has 3 heterocycles. The lowest BCUT2D eigenvalue weighted by molar-refractivity contribution is 0.432. The Labute approximate surface area is 192 Å². The van der Waals surface area contributed by atoms with Crippen molar-refractivity contribution in [2.24, 2.45) is 7.05 Å². The molecule has 7 nitrogen and oxygen atoms in total. The predicted molar refractivity (Wildman–Crippen MR) is 125 cm³/mol. The molecule has 0 atom stereocenters. The zero-order chi connectivity index (χ0) is 24.0. The predicted octanol–water partition coefficient (Wildman–Crippen LogP) is 5.29. The van der Waals surface area contributed by atoms with Crippen LogP contribution in [0.5, 0.6) is 0 Å². The fraction of sp³-hybridized carbons (Fsp3) is 0.120. The van der Waals surface area contributed by atoms with Gasteiger partial charge in [-0.3, -0.25) is 9.78 Å². The fourth-order valence-corrected chi connectivity index (χ4v) is 3.80. The summed E-state index contributed by atoms with van der Waals surface area (Å²) in [4.78, 5) is 21.7. The summed E-state index contributed by atoms with van der Waals surface area (Å²) in [6, 6.07) is 12.6. The molecule has 9 heteroatoms. The van der Waals surface area contributed by atoms with Gasteiger partial charge in [-0.2, -0.15) is 4.98 Å². The van der Waals surface area contributed by atoms with Gasteiger partial charge in [0.25, 0.3) is 17.4 Å². The molecule has 34 heavy (non-hydrogen) atoms. The van der Waals surface area contributed by atoms with Gasteiger partial charge < -0.3 is 14.4 Å². The van der Waals surface area contributed by atoms with Crippen molar-refractivity contribution in [2.45, 2.75) is 13.8 Å². The molecule has 0 radical (unpaired) electrons. The molecule has 0 fully saturated rings. The van der Waals surface area contributed by atoms with Crippen LogP contribution in [0.25, 0.3) is 33.5 Å². The van der Waals surface area contributed by atoms with E-state index in [1.165, 1.54) is 6.07 Å². The molecule has 5 rings (SSSR count). The second-order valence-corrected chi connectivity index (χ2v) is 8.01. The van der Waals surface area contributed by atoms with Gasteiger partial charge in [-0.1, -0.05) is 6.07 Å². The number of rotatable bonds is 4. The van der Waals surface area contributed by atoms with Gasteiger partial charge in [0.1, 0.15) is 0 Å². The van der Waals surface area contributed by atoms with Crippen LogP contribution in [-0.2, 0) is 7.05 Å². The van der Waals surface area contributed by atoms with E-state index in [-0.39, 0.29) is 23.0 Å². The molecule has 0 aliphatic heterocycles. The van der Waals surface area contributed by atoms with Crippen LogP contribution in [0.1, 0.15) is 11.3 Å². The lowest BCUT2D eigenvalue weighted by Crippen LogP contribution is -2.19. The number of aryl methyl sites for hydroxylation is 3. The Morgan fingerprint density at radius 3 is 2.59 bits per heavy atom. The van der Waals surface area contributed by atoms with Crippen LogP contribution in [0.3, 0.4) is 0 Å². The molecule has 3 aromatic heterocycles. The van der Waals surface area contributed by atoms with E-state index in [0.29, 0.717) is 11.3 Å². The summed E-state index contributed by atoms with van der Waals surface area (Å²) in [6.07, 6.45) is 1.75. The lowest BCUT2D eigenvalue weighted by atomic mass is 9.99. The van der Waals surface area contributed by atoms with Gasteiger partial charge in [0, 0.05) is 41.1 Å². The Hall–Kier alpha value is -4.40. The molecule has 0 aliphatic carbocycles. The third kappa shape index (κ3) is 3.81. The van der Waals surface area contributed by atoms with Crippen molar-refractivity contribution in [2.75, 3.05) is 5.32 Å². The highest BCUT2D eigenvalue weighted by atomic mass is 19.2. The molecule has 2 aromatic carbocycles. The number of fused-ring (bicyclic) bond motifs is 1. The first-order chi connectivity index (χ1) is 16.3. The first kappa shape index (κ1) is 21.4. The minimum absolute atomic E-state index is 0.0416. The van der Waals surface area contributed by atoms with Crippen molar-refractivity contribution in [3.63, 3.8) is 0 Å². The Morgan fingerprint density at radius 1 is 0.971 bits per heavy atom. The van der Waals surface area contributed by atoms with Crippen LogP contribution in [0.4, 0.5) is 20.4 Å². The van der Waals surface area contributed by atoms with E-state index in [9.17, 15) is 13.6 Å². The van der Waals surface area contributed by atoms with Crippen LogP contribution < -0.4 is 10.9 Å². The van der Waals surface area contributed by atoms with Crippen molar-refractivity contribution in [1.29, 1.82) is 0 Å². The molecule has 0 unspecified atom stereocenters. The Balaban J connectivity index is 1.50. The highest BCUT2D eigenvalue weighted by Gasteiger charge is 2.15. The topological polar surface area (TPSA) is 85.8 Å². The number of hydrogen-bond donors (Lipinski definition) is 1. The van der Waals surface area contributed by atoms with E-state index >= 15 is 0 Å². The highest BCUT2D eigenvalue weighted by molar-refractivity contribution is 5.85. The number of aromatic nitrogens is 4. The van der Waals surface area contributed by atoms with Crippen molar-refractivity contribution in [3.8, 4) is 22.6 Å². The number of nitrogens with zero attached hydrogens (tertiary/aromatic N) is 4. The molecular weight excluding hydrogens is 440 g/mol. The molecule has 0 amide bonds. The van der Waals surface area contributed by atoms with Crippen molar-refractivity contribution < 1.29 is 13.3 Å². The number of anilines is 2. The zero-order valence-corrected chi connectivity index (χ0v) is 18.6. The SMILES string of the molecule is Cc1cc2c(cn1)cc(-c1cc(Nc3noc(-c4ccc(F)c(F)c4)n3)ccc1C)c(=O)n2C. The largest absolute Gasteiger partial charge is 0.332 e. The summed E-state index contributed by atoms with van der Waals surface area (Å²) < 4.78 is 33.5. The Kier molecular flexibility index (Phi) is 5.16. The smallest absolute Gasteiger partial charge is 0.268 e. The first-order valence-electron chi connectivity index (χ1n) is 10.4. The number of pyridine rings is 2. The van der Waals surface area contributed by atoms with E-state index < -0.39 is 11.6 Å². The lowest BCUT2D eigenvalue weighted by Gasteiger charge is -2.12. The zero-order valence-electron chi connectivity index (χ0n) is 18.6. The van der Waals surface area contributed by atoms with Crippen LogP contribution >= 0.6 is 0 Å². The van der Waals surface area contributed by atoms with Crippen LogP contribution in [-0.4, -0.2) is 19.7 Å². The monoisotopic (exact) mass is 459 g/mol. The maximum atomic E-state index is 13.5. The first-order valence-corrected chi connectivity index (χ1v) is 10.4. The van der Waals surface area contributed by atoms with Crippen LogP contribution in [0, 0.1) is 25.5 Å². The molecule has 0 aliphatic rings. The highest BCUT2D eigenvalue weighted by Crippen LogP contribution is 2.28. The van der Waals surface area contributed by atoms with Crippen molar-refractivity contribution in [1.82, 2.24) is 19.7 Å². The average Bonchev–Trinajstić information content (AvgIpc) is 3.28. The van der Waals surface area contributed by atoms with E-state index in [2.05, 4.69) is 20.4 Å². The molecule has 0 saturated carbocycles. The fourth-order valence-electron chi connectivity index (χ4n) is 3.80. The van der Waals surface area contributed by atoms with Gasteiger partial charge in [0.05, 0.1) is 5.52 Å². The maximum absolute atomic E-state index is 13.5. The molecule has 5 aromatic rings. The van der Waals surface area contributed by atoms with Crippen LogP contribution in [0.15, 0.2) is 64.0 Å². The van der Waals surface area contributed by atoms with Crippen molar-refractivity contribution >= 4 is 22.5 Å². The second kappa shape index (κ2) is 8.18. The maximum Gasteiger partial charge on any atom is 0.268 e. The van der Waals surface area contributed by atoms with Gasteiger partial charge in [0.2, 0.25) is 0 Å². The molecular formula is C25H19F2N5O2. The summed E-state index contributed by atoms with van der Waals surface area (Å²) in [5, 5.41) is 7.75. The minimum atomic E-state index is -1.00. The minimum Gasteiger partial charge on any atom is -0.332 e. The van der Waals surface area contributed by atoms with Gasteiger partial charge in [0.15, 0.2) is 11.6 Å².